The minimum Gasteiger partial charge on any atom is -0.394 e. The van der Waals surface area contributed by atoms with E-state index in [2.05, 4.69) is 10.6 Å². The van der Waals surface area contributed by atoms with Gasteiger partial charge in [-0.15, -0.1) is 0 Å². The van der Waals surface area contributed by atoms with Crippen LogP contribution in [0.25, 0.3) is 0 Å². The Labute approximate surface area is 136 Å². The number of rotatable bonds is 6. The Kier molecular flexibility index (Phi) is 5.73. The molecule has 1 amide bonds. The molecule has 0 fully saturated rings. The van der Waals surface area contributed by atoms with Gasteiger partial charge in [-0.25, -0.2) is 0 Å². The van der Waals surface area contributed by atoms with E-state index in [1.807, 2.05) is 32.0 Å². The molecule has 23 heavy (non-hydrogen) atoms. The molecule has 0 saturated heterocycles. The quantitative estimate of drug-likeness (QED) is 0.659. The van der Waals surface area contributed by atoms with E-state index >= 15 is 0 Å². The molecule has 0 aliphatic heterocycles. The summed E-state index contributed by atoms with van der Waals surface area (Å²) in [6.45, 7) is 3.95. The van der Waals surface area contributed by atoms with Crippen LogP contribution in [-0.4, -0.2) is 35.4 Å². The van der Waals surface area contributed by atoms with E-state index in [-0.39, 0.29) is 19.1 Å². The van der Waals surface area contributed by atoms with Crippen molar-refractivity contribution in [3.63, 3.8) is 0 Å². The lowest BCUT2D eigenvalue weighted by Gasteiger charge is -2.12. The number of carbonyl (C=O) groups excluding carboxylic acids is 1. The largest absolute Gasteiger partial charge is 0.394 e. The predicted molar refractivity (Wildman–Crippen MR) is 91.9 cm³/mol. The number of nitrogens with one attached hydrogen (secondary N) is 2. The first-order valence-electron chi connectivity index (χ1n) is 7.51. The molecular weight excluding hydrogens is 292 g/mol. The number of amides is 1. The van der Waals surface area contributed by atoms with Gasteiger partial charge in [-0.1, -0.05) is 12.1 Å². The topological polar surface area (TPSA) is 81.6 Å². The van der Waals surface area contributed by atoms with Crippen LogP contribution in [0, 0.1) is 13.8 Å². The third-order valence-electron chi connectivity index (χ3n) is 3.75. The maximum Gasteiger partial charge on any atom is 0.255 e. The number of hydrogen-bond donors (Lipinski definition) is 4. The van der Waals surface area contributed by atoms with E-state index in [9.17, 15) is 9.90 Å². The van der Waals surface area contributed by atoms with Crippen molar-refractivity contribution >= 4 is 17.3 Å². The second-order valence-electron chi connectivity index (χ2n) is 5.50. The molecule has 0 heterocycles. The maximum atomic E-state index is 12.3. The average molecular weight is 314 g/mol. The van der Waals surface area contributed by atoms with Crippen molar-refractivity contribution in [1.82, 2.24) is 0 Å². The fraction of sp³-hybridized carbons (Fsp3) is 0.278. The van der Waals surface area contributed by atoms with Crippen LogP contribution in [0.15, 0.2) is 42.5 Å². The lowest BCUT2D eigenvalue weighted by atomic mass is 10.1. The monoisotopic (exact) mass is 314 g/mol. The van der Waals surface area contributed by atoms with Crippen LogP contribution in [0.1, 0.15) is 21.5 Å². The Hall–Kier alpha value is -2.37. The lowest BCUT2D eigenvalue weighted by molar-refractivity contribution is 0.102. The standard InChI is InChI=1S/C18H22N2O3/c1-12-4-3-5-17(13(12)2)20-18(23)14-6-8-15(9-7-14)19-10-16(22)11-21/h3-9,16,19,21-22H,10-11H2,1-2H3,(H,20,23). The molecule has 5 nitrogen and oxygen atoms in total. The van der Waals surface area contributed by atoms with Crippen LogP contribution >= 0.6 is 0 Å². The normalized spacial score (nSPS) is 11.8. The molecule has 4 N–H and O–H groups in total. The summed E-state index contributed by atoms with van der Waals surface area (Å²) in [6.07, 6.45) is -0.803. The van der Waals surface area contributed by atoms with Crippen molar-refractivity contribution in [3.05, 3.63) is 59.2 Å². The van der Waals surface area contributed by atoms with Crippen LogP contribution in [0.3, 0.4) is 0 Å². The first kappa shape index (κ1) is 17.0. The molecule has 0 aromatic heterocycles. The minimum absolute atomic E-state index is 0.166. The average Bonchev–Trinajstić information content (AvgIpc) is 2.57. The molecule has 1 atom stereocenters. The van der Waals surface area contributed by atoms with Crippen LogP contribution in [0.2, 0.25) is 0 Å². The summed E-state index contributed by atoms with van der Waals surface area (Å²) < 4.78 is 0. The maximum absolute atomic E-state index is 12.3. The first-order valence-corrected chi connectivity index (χ1v) is 7.51. The number of aryl methyl sites for hydroxylation is 1. The molecule has 0 spiro atoms. The highest BCUT2D eigenvalue weighted by Gasteiger charge is 2.09. The SMILES string of the molecule is Cc1cccc(NC(=O)c2ccc(NCC(O)CO)cc2)c1C. The van der Waals surface area contributed by atoms with Crippen LogP contribution in [0.4, 0.5) is 11.4 Å². The summed E-state index contributed by atoms with van der Waals surface area (Å²) in [4.78, 5) is 12.3. The fourth-order valence-corrected chi connectivity index (χ4v) is 2.12. The smallest absolute Gasteiger partial charge is 0.255 e. The van der Waals surface area contributed by atoms with Gasteiger partial charge in [0.25, 0.3) is 5.91 Å². The molecule has 2 aromatic rings. The lowest BCUT2D eigenvalue weighted by Crippen LogP contribution is -2.22. The number of carbonyl (C=O) groups is 1. The molecule has 0 bridgehead atoms. The fourth-order valence-electron chi connectivity index (χ4n) is 2.12. The summed E-state index contributed by atoms with van der Waals surface area (Å²) in [5.41, 5.74) is 4.32. The molecule has 0 radical (unpaired) electrons. The zero-order valence-electron chi connectivity index (χ0n) is 13.3. The molecule has 2 rings (SSSR count). The highest BCUT2D eigenvalue weighted by Crippen LogP contribution is 2.19. The van der Waals surface area contributed by atoms with Gasteiger partial charge in [0.1, 0.15) is 0 Å². The zero-order valence-corrected chi connectivity index (χ0v) is 13.3. The van der Waals surface area contributed by atoms with Crippen molar-refractivity contribution in [3.8, 4) is 0 Å². The Morgan fingerprint density at radius 3 is 2.48 bits per heavy atom. The van der Waals surface area contributed by atoms with E-state index in [1.165, 1.54) is 0 Å². The van der Waals surface area contributed by atoms with Gasteiger partial charge in [-0.3, -0.25) is 4.79 Å². The van der Waals surface area contributed by atoms with Crippen molar-refractivity contribution in [2.75, 3.05) is 23.8 Å². The predicted octanol–water partition coefficient (Wildman–Crippen LogP) is 2.32. The number of aliphatic hydroxyl groups excluding tert-OH is 2. The van der Waals surface area contributed by atoms with Gasteiger partial charge in [0.05, 0.1) is 12.7 Å². The Morgan fingerprint density at radius 1 is 1.13 bits per heavy atom. The summed E-state index contributed by atoms with van der Waals surface area (Å²) in [6, 6.07) is 12.8. The molecule has 0 saturated carbocycles. The van der Waals surface area contributed by atoms with Gasteiger partial charge < -0.3 is 20.8 Å². The van der Waals surface area contributed by atoms with E-state index in [4.69, 9.17) is 5.11 Å². The van der Waals surface area contributed by atoms with Gasteiger partial charge >= 0.3 is 0 Å². The van der Waals surface area contributed by atoms with Crippen molar-refractivity contribution in [2.45, 2.75) is 20.0 Å². The third kappa shape index (κ3) is 4.55. The number of anilines is 2. The zero-order chi connectivity index (χ0) is 16.8. The summed E-state index contributed by atoms with van der Waals surface area (Å²) >= 11 is 0. The summed E-state index contributed by atoms with van der Waals surface area (Å²) in [5.74, 6) is -0.166. The summed E-state index contributed by atoms with van der Waals surface area (Å²) in [5, 5.41) is 24.0. The van der Waals surface area contributed by atoms with Crippen LogP contribution < -0.4 is 10.6 Å². The van der Waals surface area contributed by atoms with Crippen molar-refractivity contribution in [2.24, 2.45) is 0 Å². The van der Waals surface area contributed by atoms with Gasteiger partial charge in [0.2, 0.25) is 0 Å². The highest BCUT2D eigenvalue weighted by molar-refractivity contribution is 6.04. The number of benzene rings is 2. The molecular formula is C18H22N2O3. The van der Waals surface area contributed by atoms with E-state index in [0.29, 0.717) is 5.56 Å². The first-order chi connectivity index (χ1) is 11.0. The van der Waals surface area contributed by atoms with Gasteiger partial charge in [-0.2, -0.15) is 0 Å². The Balaban J connectivity index is 2.01. The highest BCUT2D eigenvalue weighted by atomic mass is 16.3. The van der Waals surface area contributed by atoms with Gasteiger partial charge in [0, 0.05) is 23.5 Å². The number of hydrogen-bond acceptors (Lipinski definition) is 4. The third-order valence-corrected chi connectivity index (χ3v) is 3.75. The molecule has 122 valence electrons. The second-order valence-corrected chi connectivity index (χ2v) is 5.50. The van der Waals surface area contributed by atoms with E-state index < -0.39 is 6.10 Å². The van der Waals surface area contributed by atoms with Crippen LogP contribution in [0.5, 0.6) is 0 Å². The minimum atomic E-state index is -0.803. The molecule has 0 aliphatic rings. The van der Waals surface area contributed by atoms with Gasteiger partial charge in [-0.05, 0) is 55.3 Å². The Morgan fingerprint density at radius 2 is 1.83 bits per heavy atom. The molecule has 2 aromatic carbocycles. The van der Waals surface area contributed by atoms with Gasteiger partial charge in [0.15, 0.2) is 0 Å². The van der Waals surface area contributed by atoms with E-state index in [1.54, 1.807) is 24.3 Å². The summed E-state index contributed by atoms with van der Waals surface area (Å²) in [7, 11) is 0. The number of aliphatic hydroxyl groups is 2. The van der Waals surface area contributed by atoms with Crippen LogP contribution in [-0.2, 0) is 0 Å². The van der Waals surface area contributed by atoms with E-state index in [0.717, 1.165) is 22.5 Å². The van der Waals surface area contributed by atoms with Crippen molar-refractivity contribution in [1.29, 1.82) is 0 Å². The Bertz CT molecular complexity index is 668. The second kappa shape index (κ2) is 7.76. The molecule has 1 unspecified atom stereocenters. The molecule has 0 aliphatic carbocycles. The van der Waals surface area contributed by atoms with Crippen molar-refractivity contribution < 1.29 is 15.0 Å². The molecule has 5 heteroatoms.